The number of furan rings is 1. The number of halogens is 2. The Morgan fingerprint density at radius 2 is 1.95 bits per heavy atom. The maximum atomic E-state index is 14.1. The van der Waals surface area contributed by atoms with E-state index in [1.54, 1.807) is 25.4 Å². The molecule has 1 N–H and O–H groups in total. The molecule has 2 aromatic carbocycles. The molecular formula is C16H13ClFNO. The Hall–Kier alpha value is -1.84. The third-order valence-corrected chi connectivity index (χ3v) is 3.62. The normalized spacial score (nSPS) is 12.8. The Balaban J connectivity index is 2.14. The maximum absolute atomic E-state index is 14.1. The van der Waals surface area contributed by atoms with E-state index in [4.69, 9.17) is 16.0 Å². The molecule has 0 saturated heterocycles. The Morgan fingerprint density at radius 3 is 2.70 bits per heavy atom. The first kappa shape index (κ1) is 13.2. The third-order valence-electron chi connectivity index (χ3n) is 3.38. The van der Waals surface area contributed by atoms with Crippen molar-refractivity contribution in [2.75, 3.05) is 7.05 Å². The predicted octanol–water partition coefficient (Wildman–Crippen LogP) is 4.53. The highest BCUT2D eigenvalue weighted by molar-refractivity contribution is 6.30. The van der Waals surface area contributed by atoms with Crippen LogP contribution in [-0.2, 0) is 0 Å². The van der Waals surface area contributed by atoms with Crippen molar-refractivity contribution in [1.29, 1.82) is 0 Å². The van der Waals surface area contributed by atoms with Crippen molar-refractivity contribution >= 4 is 22.6 Å². The van der Waals surface area contributed by atoms with E-state index in [9.17, 15) is 4.39 Å². The topological polar surface area (TPSA) is 25.2 Å². The van der Waals surface area contributed by atoms with Crippen molar-refractivity contribution in [2.24, 2.45) is 0 Å². The van der Waals surface area contributed by atoms with Crippen LogP contribution in [-0.4, -0.2) is 7.05 Å². The zero-order valence-corrected chi connectivity index (χ0v) is 11.6. The second kappa shape index (κ2) is 5.27. The molecule has 2 nitrogen and oxygen atoms in total. The van der Waals surface area contributed by atoms with Gasteiger partial charge in [-0.05, 0) is 25.2 Å². The van der Waals surface area contributed by atoms with Crippen LogP contribution in [0.25, 0.3) is 11.0 Å². The van der Waals surface area contributed by atoms with Gasteiger partial charge in [-0.2, -0.15) is 0 Å². The lowest BCUT2D eigenvalue weighted by molar-refractivity contribution is 0.565. The molecule has 102 valence electrons. The summed E-state index contributed by atoms with van der Waals surface area (Å²) < 4.78 is 19.7. The minimum Gasteiger partial charge on any atom is -0.464 e. The summed E-state index contributed by atoms with van der Waals surface area (Å²) in [6.07, 6.45) is 1.67. The fourth-order valence-electron chi connectivity index (χ4n) is 2.44. The van der Waals surface area contributed by atoms with E-state index in [-0.39, 0.29) is 11.9 Å². The van der Waals surface area contributed by atoms with Gasteiger partial charge >= 0.3 is 0 Å². The molecule has 20 heavy (non-hydrogen) atoms. The Kier molecular flexibility index (Phi) is 3.47. The summed E-state index contributed by atoms with van der Waals surface area (Å²) in [5.74, 6) is -0.331. The lowest BCUT2D eigenvalue weighted by Crippen LogP contribution is -2.18. The summed E-state index contributed by atoms with van der Waals surface area (Å²) in [7, 11) is 1.79. The molecule has 0 spiro atoms. The highest BCUT2D eigenvalue weighted by Gasteiger charge is 2.20. The Labute approximate surface area is 121 Å². The Bertz CT molecular complexity index is 753. The van der Waals surface area contributed by atoms with Crippen molar-refractivity contribution in [3.05, 3.63) is 70.7 Å². The number of benzene rings is 2. The molecule has 0 aliphatic carbocycles. The number of nitrogens with one attached hydrogen (secondary N) is 1. The lowest BCUT2D eigenvalue weighted by Gasteiger charge is -2.16. The summed E-state index contributed by atoms with van der Waals surface area (Å²) in [6, 6.07) is 12.1. The Morgan fingerprint density at radius 1 is 1.15 bits per heavy atom. The van der Waals surface area contributed by atoms with Crippen molar-refractivity contribution in [3.63, 3.8) is 0 Å². The van der Waals surface area contributed by atoms with Crippen molar-refractivity contribution in [2.45, 2.75) is 6.04 Å². The predicted molar refractivity (Wildman–Crippen MR) is 78.5 cm³/mol. The lowest BCUT2D eigenvalue weighted by atomic mass is 9.98. The first-order chi connectivity index (χ1) is 9.70. The van der Waals surface area contributed by atoms with Crippen LogP contribution < -0.4 is 5.32 Å². The number of fused-ring (bicyclic) bond motifs is 1. The van der Waals surface area contributed by atoms with Crippen LogP contribution in [0, 0.1) is 5.82 Å². The van der Waals surface area contributed by atoms with E-state index in [1.807, 2.05) is 24.3 Å². The zero-order valence-electron chi connectivity index (χ0n) is 10.9. The van der Waals surface area contributed by atoms with Gasteiger partial charge in [-0.25, -0.2) is 4.39 Å². The third kappa shape index (κ3) is 2.19. The average Bonchev–Trinajstić information content (AvgIpc) is 2.86. The second-order valence-electron chi connectivity index (χ2n) is 4.57. The van der Waals surface area contributed by atoms with Crippen molar-refractivity contribution < 1.29 is 8.81 Å². The van der Waals surface area contributed by atoms with Gasteiger partial charge in [-0.1, -0.05) is 35.9 Å². The van der Waals surface area contributed by atoms with Gasteiger partial charge in [-0.3, -0.25) is 0 Å². The fourth-order valence-corrected chi connectivity index (χ4v) is 2.59. The maximum Gasteiger partial charge on any atom is 0.134 e. The van der Waals surface area contributed by atoms with Crippen LogP contribution in [0.1, 0.15) is 17.2 Å². The van der Waals surface area contributed by atoms with Gasteiger partial charge in [0.2, 0.25) is 0 Å². The number of hydrogen-bond acceptors (Lipinski definition) is 2. The van der Waals surface area contributed by atoms with Gasteiger partial charge in [0.1, 0.15) is 11.4 Å². The minimum atomic E-state index is -0.331. The molecule has 3 rings (SSSR count). The molecule has 3 aromatic rings. The van der Waals surface area contributed by atoms with Gasteiger partial charge in [0.05, 0.1) is 12.3 Å². The molecule has 1 aromatic heterocycles. The molecule has 0 bridgehead atoms. The zero-order chi connectivity index (χ0) is 14.1. The molecule has 0 fully saturated rings. The smallest absolute Gasteiger partial charge is 0.134 e. The van der Waals surface area contributed by atoms with Gasteiger partial charge in [0, 0.05) is 21.5 Å². The molecular weight excluding hydrogens is 277 g/mol. The van der Waals surface area contributed by atoms with E-state index in [0.29, 0.717) is 10.6 Å². The van der Waals surface area contributed by atoms with E-state index in [1.165, 1.54) is 6.07 Å². The van der Waals surface area contributed by atoms with Crippen LogP contribution in [0.2, 0.25) is 5.02 Å². The summed E-state index contributed by atoms with van der Waals surface area (Å²) in [5.41, 5.74) is 2.24. The quantitative estimate of drug-likeness (QED) is 0.766. The van der Waals surface area contributed by atoms with E-state index in [2.05, 4.69) is 5.32 Å². The van der Waals surface area contributed by atoms with E-state index >= 15 is 0 Å². The number of hydrogen-bond donors (Lipinski definition) is 1. The van der Waals surface area contributed by atoms with Gasteiger partial charge < -0.3 is 9.73 Å². The summed E-state index contributed by atoms with van der Waals surface area (Å²) >= 11 is 5.81. The SMILES string of the molecule is CNC(c1ccc(Cl)cc1F)c1coc2ccccc12. The number of rotatable bonds is 3. The number of para-hydroxylation sites is 1. The van der Waals surface area contributed by atoms with Crippen LogP contribution in [0.5, 0.6) is 0 Å². The van der Waals surface area contributed by atoms with Crippen molar-refractivity contribution in [3.8, 4) is 0 Å². The highest BCUT2D eigenvalue weighted by Crippen LogP contribution is 2.32. The van der Waals surface area contributed by atoms with E-state index in [0.717, 1.165) is 16.5 Å². The first-order valence-electron chi connectivity index (χ1n) is 6.29. The highest BCUT2D eigenvalue weighted by atomic mass is 35.5. The minimum absolute atomic E-state index is 0.282. The standard InChI is InChI=1S/C16H13ClFNO/c1-19-16(12-7-6-10(17)8-14(12)18)13-9-20-15-5-3-2-4-11(13)15/h2-9,16,19H,1H3. The van der Waals surface area contributed by atoms with Gasteiger partial charge in [-0.15, -0.1) is 0 Å². The van der Waals surface area contributed by atoms with Crippen LogP contribution >= 0.6 is 11.6 Å². The van der Waals surface area contributed by atoms with Crippen LogP contribution in [0.3, 0.4) is 0 Å². The molecule has 0 aliphatic heterocycles. The van der Waals surface area contributed by atoms with Gasteiger partial charge in [0.25, 0.3) is 0 Å². The molecule has 0 radical (unpaired) electrons. The van der Waals surface area contributed by atoms with Gasteiger partial charge in [0.15, 0.2) is 0 Å². The largest absolute Gasteiger partial charge is 0.464 e. The second-order valence-corrected chi connectivity index (χ2v) is 5.01. The molecule has 0 saturated carbocycles. The summed E-state index contributed by atoms with van der Waals surface area (Å²) in [4.78, 5) is 0. The summed E-state index contributed by atoms with van der Waals surface area (Å²) in [6.45, 7) is 0. The van der Waals surface area contributed by atoms with E-state index < -0.39 is 0 Å². The molecule has 4 heteroatoms. The molecule has 0 amide bonds. The van der Waals surface area contributed by atoms with Crippen molar-refractivity contribution in [1.82, 2.24) is 5.32 Å². The first-order valence-corrected chi connectivity index (χ1v) is 6.67. The fraction of sp³-hybridized carbons (Fsp3) is 0.125. The molecule has 1 atom stereocenters. The molecule has 1 heterocycles. The summed E-state index contributed by atoms with van der Waals surface area (Å²) in [5, 5.41) is 4.49. The monoisotopic (exact) mass is 289 g/mol. The molecule has 1 unspecified atom stereocenters. The van der Waals surface area contributed by atoms with Crippen LogP contribution in [0.4, 0.5) is 4.39 Å². The average molecular weight is 290 g/mol. The molecule has 0 aliphatic rings. The van der Waals surface area contributed by atoms with Crippen LogP contribution in [0.15, 0.2) is 53.1 Å².